The van der Waals surface area contributed by atoms with Crippen LogP contribution in [0.1, 0.15) is 11.3 Å². The van der Waals surface area contributed by atoms with E-state index in [1.54, 1.807) is 0 Å². The van der Waals surface area contributed by atoms with E-state index in [0.29, 0.717) is 4.68 Å². The van der Waals surface area contributed by atoms with Gasteiger partial charge in [-0.1, -0.05) is 0 Å². The molecule has 2 heterocycles. The van der Waals surface area contributed by atoms with Gasteiger partial charge in [0, 0.05) is 12.8 Å². The van der Waals surface area contributed by atoms with Crippen LogP contribution >= 0.6 is 11.8 Å². The highest BCUT2D eigenvalue weighted by Gasteiger charge is 2.40. The molecule has 5 nitrogen and oxygen atoms in total. The van der Waals surface area contributed by atoms with Gasteiger partial charge in [0.1, 0.15) is 13.1 Å². The van der Waals surface area contributed by atoms with Crippen LogP contribution in [-0.4, -0.2) is 58.2 Å². The van der Waals surface area contributed by atoms with E-state index in [-0.39, 0.29) is 11.3 Å². The van der Waals surface area contributed by atoms with Crippen molar-refractivity contribution in [3.05, 3.63) is 11.3 Å². The van der Waals surface area contributed by atoms with E-state index in [4.69, 9.17) is 0 Å². The molecule has 0 spiro atoms. The van der Waals surface area contributed by atoms with E-state index < -0.39 is 24.4 Å². The third-order valence-corrected chi connectivity index (χ3v) is 4.64. The molecule has 0 radical (unpaired) electrons. The minimum absolute atomic E-state index is 0.172. The second-order valence-electron chi connectivity index (χ2n) is 5.05. The minimum Gasteiger partial charge on any atom is -0.417 e. The molecule has 0 bridgehead atoms. The van der Waals surface area contributed by atoms with Gasteiger partial charge in [0.05, 0.1) is 19.7 Å². The number of likely N-dealkylation sites (N-methyl/N-ethyl adjacent to an activating group) is 2. The number of hydrogen-bond acceptors (Lipinski definition) is 4. The van der Waals surface area contributed by atoms with Gasteiger partial charge in [-0.3, -0.25) is 9.48 Å². The molecule has 1 aromatic rings. The zero-order chi connectivity index (χ0) is 17.4. The van der Waals surface area contributed by atoms with Crippen molar-refractivity contribution >= 4 is 16.9 Å². The van der Waals surface area contributed by atoms with Crippen LogP contribution in [0.2, 0.25) is 0 Å². The summed E-state index contributed by atoms with van der Waals surface area (Å²) in [5.41, 5.74) is -1.58. The fourth-order valence-corrected chi connectivity index (χ4v) is 3.44. The van der Waals surface area contributed by atoms with Gasteiger partial charge >= 0.3 is 18.0 Å². The molecule has 1 aromatic heterocycles. The Morgan fingerprint density at radius 3 is 2.48 bits per heavy atom. The lowest BCUT2D eigenvalue weighted by atomic mass is 10.2. The molecule has 1 aliphatic heterocycles. The zero-order valence-corrected chi connectivity index (χ0v) is 13.5. The van der Waals surface area contributed by atoms with Crippen LogP contribution in [0, 0.1) is 0 Å². The van der Waals surface area contributed by atoms with Crippen molar-refractivity contribution in [2.45, 2.75) is 18.5 Å². The first-order valence-electron chi connectivity index (χ1n) is 6.61. The molecule has 1 aliphatic rings. The monoisotopic (exact) mass is 359 g/mol. The molecular weight excluding hydrogens is 343 g/mol. The summed E-state index contributed by atoms with van der Waals surface area (Å²) in [6.07, 6.45) is -4.74. The molecule has 23 heavy (non-hydrogen) atoms. The van der Waals surface area contributed by atoms with Crippen molar-refractivity contribution in [3.63, 3.8) is 0 Å². The number of rotatable bonds is 4. The molecule has 11 heteroatoms. The average Bonchev–Trinajstić information content (AvgIpc) is 2.89. The molecule has 0 saturated heterocycles. The van der Waals surface area contributed by atoms with Crippen LogP contribution in [0.4, 0.5) is 22.0 Å². The Labute approximate surface area is 133 Å². The number of alkyl halides is 5. The quantitative estimate of drug-likeness (QED) is 0.610. The molecule has 0 unspecified atom stereocenters. The minimum atomic E-state index is -4.74. The number of hydrogen-bond donors (Lipinski definition) is 0. The highest BCUT2D eigenvalue weighted by Crippen LogP contribution is 2.38. The van der Waals surface area contributed by atoms with Crippen LogP contribution in [0.3, 0.4) is 0 Å². The standard InChI is InChI=1S/C12H16F5N4OS/c1-19-4-5-20(2)11(19)23-6-7-8(12(15,16)17)18-21(3)9(7)22-10(13)14/h10H,4-6H2,1-3H3/q+1. The molecule has 0 amide bonds. The Morgan fingerprint density at radius 1 is 1.35 bits per heavy atom. The number of halogens is 5. The normalized spacial score (nSPS) is 16.0. The van der Waals surface area contributed by atoms with Gasteiger partial charge in [0.25, 0.3) is 0 Å². The summed E-state index contributed by atoms with van der Waals surface area (Å²) in [4.78, 5) is 1.89. The first-order chi connectivity index (χ1) is 10.6. The highest BCUT2D eigenvalue weighted by molar-refractivity contribution is 8.12. The topological polar surface area (TPSA) is 33.3 Å². The second kappa shape index (κ2) is 6.54. The molecule has 130 valence electrons. The summed E-state index contributed by atoms with van der Waals surface area (Å²) in [6, 6.07) is 0. The van der Waals surface area contributed by atoms with E-state index in [0.717, 1.165) is 37.1 Å². The largest absolute Gasteiger partial charge is 0.435 e. The Hall–Kier alpha value is -1.52. The van der Waals surface area contributed by atoms with Gasteiger partial charge in [-0.2, -0.15) is 27.1 Å². The molecule has 0 saturated carbocycles. The second-order valence-corrected chi connectivity index (χ2v) is 5.99. The van der Waals surface area contributed by atoms with Crippen molar-refractivity contribution < 1.29 is 31.3 Å². The van der Waals surface area contributed by atoms with E-state index in [1.807, 2.05) is 23.6 Å². The lowest BCUT2D eigenvalue weighted by Crippen LogP contribution is -2.22. The van der Waals surface area contributed by atoms with Crippen LogP contribution in [0.15, 0.2) is 0 Å². The van der Waals surface area contributed by atoms with Crippen LogP contribution in [0.25, 0.3) is 0 Å². The summed E-state index contributed by atoms with van der Waals surface area (Å²) in [7, 11) is 4.77. The Bertz CT molecular complexity index is 613. The molecule has 0 aromatic carbocycles. The third-order valence-electron chi connectivity index (χ3n) is 3.33. The molecular formula is C12H16F5N4OS+. The Kier molecular flexibility index (Phi) is 5.07. The van der Waals surface area contributed by atoms with Crippen molar-refractivity contribution in [2.75, 3.05) is 27.2 Å². The van der Waals surface area contributed by atoms with E-state index >= 15 is 0 Å². The van der Waals surface area contributed by atoms with E-state index in [2.05, 4.69) is 9.84 Å². The number of ether oxygens (including phenoxy) is 1. The molecule has 0 N–H and O–H groups in total. The third kappa shape index (κ3) is 3.88. The number of thioether (sulfide) groups is 1. The maximum atomic E-state index is 13.1. The number of amidine groups is 1. The predicted molar refractivity (Wildman–Crippen MR) is 74.8 cm³/mol. The van der Waals surface area contributed by atoms with Gasteiger partial charge in [-0.05, 0) is 11.8 Å². The van der Waals surface area contributed by atoms with Gasteiger partial charge in [-0.15, -0.1) is 0 Å². The van der Waals surface area contributed by atoms with Crippen LogP contribution in [0.5, 0.6) is 5.88 Å². The fraction of sp³-hybridized carbons (Fsp3) is 0.667. The number of aryl methyl sites for hydroxylation is 1. The first kappa shape index (κ1) is 17.8. The molecule has 2 rings (SSSR count). The van der Waals surface area contributed by atoms with Gasteiger partial charge in [0.2, 0.25) is 5.88 Å². The molecule has 0 atom stereocenters. The maximum absolute atomic E-state index is 13.1. The fourth-order valence-electron chi connectivity index (χ4n) is 2.28. The van der Waals surface area contributed by atoms with Gasteiger partial charge in [0.15, 0.2) is 5.69 Å². The first-order valence-corrected chi connectivity index (χ1v) is 7.59. The average molecular weight is 359 g/mol. The highest BCUT2D eigenvalue weighted by atomic mass is 32.2. The smallest absolute Gasteiger partial charge is 0.417 e. The number of nitrogens with zero attached hydrogens (tertiary/aromatic N) is 4. The summed E-state index contributed by atoms with van der Waals surface area (Å²) >= 11 is 1.13. The van der Waals surface area contributed by atoms with Gasteiger partial charge < -0.3 is 4.74 Å². The van der Waals surface area contributed by atoms with Crippen molar-refractivity contribution in [2.24, 2.45) is 7.05 Å². The molecule has 0 fully saturated rings. The van der Waals surface area contributed by atoms with E-state index in [9.17, 15) is 22.0 Å². The summed E-state index contributed by atoms with van der Waals surface area (Å²) < 4.78 is 71.0. The van der Waals surface area contributed by atoms with Crippen LogP contribution in [-0.2, 0) is 19.0 Å². The van der Waals surface area contributed by atoms with E-state index in [1.165, 1.54) is 0 Å². The van der Waals surface area contributed by atoms with Gasteiger partial charge in [-0.25, -0.2) is 4.68 Å². The van der Waals surface area contributed by atoms with Crippen molar-refractivity contribution in [1.29, 1.82) is 0 Å². The maximum Gasteiger partial charge on any atom is 0.435 e. The molecule has 0 aliphatic carbocycles. The summed E-state index contributed by atoms with van der Waals surface area (Å²) in [5, 5.41) is 4.07. The predicted octanol–water partition coefficient (Wildman–Crippen LogP) is 2.22. The summed E-state index contributed by atoms with van der Waals surface area (Å²) in [5.74, 6) is -0.738. The Morgan fingerprint density at radius 2 is 2.00 bits per heavy atom. The van der Waals surface area contributed by atoms with Crippen molar-refractivity contribution in [3.8, 4) is 5.88 Å². The summed E-state index contributed by atoms with van der Waals surface area (Å²) in [6.45, 7) is -1.73. The lowest BCUT2D eigenvalue weighted by Gasteiger charge is -2.10. The SMILES string of the molecule is CN1CC[N+](C)=C1SCc1c(C(F)(F)F)nn(C)c1OC(F)F. The lowest BCUT2D eigenvalue weighted by molar-refractivity contribution is -0.483. The zero-order valence-electron chi connectivity index (χ0n) is 12.7. The number of aromatic nitrogens is 2. The van der Waals surface area contributed by atoms with Crippen molar-refractivity contribution in [1.82, 2.24) is 14.7 Å². The Balaban J connectivity index is 2.33. The van der Waals surface area contributed by atoms with Crippen LogP contribution < -0.4 is 4.74 Å².